The van der Waals surface area contributed by atoms with E-state index >= 15 is 0 Å². The molecule has 4 nitrogen and oxygen atoms in total. The van der Waals surface area contributed by atoms with Gasteiger partial charge in [0.1, 0.15) is 0 Å². The molecule has 21 heavy (non-hydrogen) atoms. The van der Waals surface area contributed by atoms with Crippen molar-refractivity contribution in [3.63, 3.8) is 0 Å². The lowest BCUT2D eigenvalue weighted by atomic mass is 10.1. The first kappa shape index (κ1) is 13.8. The molecule has 1 aromatic carbocycles. The quantitative estimate of drug-likeness (QED) is 0.754. The van der Waals surface area contributed by atoms with Gasteiger partial charge in [-0.3, -0.25) is 5.10 Å². The normalized spacial score (nSPS) is 12.3. The summed E-state index contributed by atoms with van der Waals surface area (Å²) in [7, 11) is 0. The molecule has 1 unspecified atom stereocenters. The molecule has 5 heteroatoms. The minimum absolute atomic E-state index is 0.259. The minimum atomic E-state index is 0.259. The van der Waals surface area contributed by atoms with Crippen LogP contribution in [0.2, 0.25) is 0 Å². The maximum atomic E-state index is 4.49. The molecule has 2 aromatic heterocycles. The summed E-state index contributed by atoms with van der Waals surface area (Å²) in [4.78, 5) is 5.79. The van der Waals surface area contributed by atoms with Crippen molar-refractivity contribution in [1.82, 2.24) is 15.2 Å². The summed E-state index contributed by atoms with van der Waals surface area (Å²) >= 11 is 1.76. The van der Waals surface area contributed by atoms with E-state index < -0.39 is 0 Å². The van der Waals surface area contributed by atoms with Gasteiger partial charge in [0.05, 0.1) is 22.4 Å². The van der Waals surface area contributed by atoms with Crippen molar-refractivity contribution < 1.29 is 0 Å². The summed E-state index contributed by atoms with van der Waals surface area (Å²) < 4.78 is 0. The number of H-pyrrole nitrogens is 1. The average Bonchev–Trinajstić information content (AvgIpc) is 3.09. The molecule has 0 aliphatic heterocycles. The number of hydrogen-bond donors (Lipinski definition) is 2. The van der Waals surface area contributed by atoms with E-state index in [0.717, 1.165) is 27.6 Å². The molecule has 0 saturated carbocycles. The molecule has 2 N–H and O–H groups in total. The van der Waals surface area contributed by atoms with Crippen LogP contribution < -0.4 is 5.32 Å². The summed E-state index contributed by atoms with van der Waals surface area (Å²) in [5, 5.41) is 11.6. The topological polar surface area (TPSA) is 53.6 Å². The number of benzene rings is 1. The van der Waals surface area contributed by atoms with E-state index in [2.05, 4.69) is 58.6 Å². The molecule has 0 amide bonds. The van der Waals surface area contributed by atoms with Crippen molar-refractivity contribution in [3.8, 4) is 11.3 Å². The van der Waals surface area contributed by atoms with Gasteiger partial charge in [0.15, 0.2) is 0 Å². The van der Waals surface area contributed by atoms with E-state index in [0.29, 0.717) is 0 Å². The van der Waals surface area contributed by atoms with Gasteiger partial charge < -0.3 is 5.32 Å². The van der Waals surface area contributed by atoms with Gasteiger partial charge >= 0.3 is 0 Å². The van der Waals surface area contributed by atoms with Gasteiger partial charge in [-0.25, -0.2) is 4.98 Å². The standard InChI is InChI=1S/C16H18N4S/c1-10-16(21-12(3)18-10)11(2)19-14-6-4-13(5-7-14)15-8-9-17-20-15/h4-9,11,19H,1-3H3,(H,17,20). The number of aromatic amines is 1. The highest BCUT2D eigenvalue weighted by atomic mass is 32.1. The average molecular weight is 298 g/mol. The Labute approximate surface area is 128 Å². The summed E-state index contributed by atoms with van der Waals surface area (Å²) in [5.74, 6) is 0. The first-order valence-electron chi connectivity index (χ1n) is 6.94. The molecule has 0 spiro atoms. The van der Waals surface area contributed by atoms with Crippen molar-refractivity contribution >= 4 is 17.0 Å². The van der Waals surface area contributed by atoms with Gasteiger partial charge in [0.25, 0.3) is 0 Å². The fourth-order valence-corrected chi connectivity index (χ4v) is 3.36. The van der Waals surface area contributed by atoms with Crippen molar-refractivity contribution in [2.75, 3.05) is 5.32 Å². The van der Waals surface area contributed by atoms with Crippen LogP contribution in [0.5, 0.6) is 0 Å². The van der Waals surface area contributed by atoms with E-state index in [1.807, 2.05) is 13.0 Å². The smallest absolute Gasteiger partial charge is 0.0900 e. The Balaban J connectivity index is 1.74. The number of hydrogen-bond acceptors (Lipinski definition) is 4. The van der Waals surface area contributed by atoms with Crippen molar-refractivity contribution in [2.45, 2.75) is 26.8 Å². The Morgan fingerprint density at radius 1 is 1.14 bits per heavy atom. The highest BCUT2D eigenvalue weighted by Crippen LogP contribution is 2.28. The third-order valence-electron chi connectivity index (χ3n) is 3.41. The monoisotopic (exact) mass is 298 g/mol. The largest absolute Gasteiger partial charge is 0.378 e. The Morgan fingerprint density at radius 2 is 1.90 bits per heavy atom. The zero-order valence-electron chi connectivity index (χ0n) is 12.3. The molecule has 0 aliphatic rings. The van der Waals surface area contributed by atoms with Crippen LogP contribution in [-0.4, -0.2) is 15.2 Å². The first-order chi connectivity index (χ1) is 10.1. The molecular formula is C16H18N4S. The van der Waals surface area contributed by atoms with E-state index in [1.54, 1.807) is 17.5 Å². The van der Waals surface area contributed by atoms with Crippen LogP contribution in [0.3, 0.4) is 0 Å². The molecule has 0 saturated heterocycles. The number of aromatic nitrogens is 3. The van der Waals surface area contributed by atoms with Crippen molar-refractivity contribution in [1.29, 1.82) is 0 Å². The van der Waals surface area contributed by atoms with Crippen LogP contribution in [0.15, 0.2) is 36.5 Å². The highest BCUT2D eigenvalue weighted by Gasteiger charge is 2.12. The third kappa shape index (κ3) is 2.97. The Bertz CT molecular complexity index is 713. The van der Waals surface area contributed by atoms with Gasteiger partial charge in [-0.15, -0.1) is 11.3 Å². The molecule has 2 heterocycles. The number of aryl methyl sites for hydroxylation is 2. The summed E-state index contributed by atoms with van der Waals surface area (Å²) in [6, 6.07) is 10.6. The van der Waals surface area contributed by atoms with E-state index in [-0.39, 0.29) is 6.04 Å². The van der Waals surface area contributed by atoms with Gasteiger partial charge in [-0.05, 0) is 44.5 Å². The van der Waals surface area contributed by atoms with Gasteiger partial charge in [0, 0.05) is 16.8 Å². The minimum Gasteiger partial charge on any atom is -0.378 e. The second-order valence-electron chi connectivity index (χ2n) is 5.10. The van der Waals surface area contributed by atoms with E-state index in [4.69, 9.17) is 0 Å². The van der Waals surface area contributed by atoms with Crippen molar-refractivity contribution in [3.05, 3.63) is 52.1 Å². The summed E-state index contributed by atoms with van der Waals surface area (Å²) in [6.07, 6.45) is 1.76. The molecule has 0 aliphatic carbocycles. The van der Waals surface area contributed by atoms with Crippen LogP contribution in [0.4, 0.5) is 5.69 Å². The molecule has 1 atom stereocenters. The lowest BCUT2D eigenvalue weighted by Crippen LogP contribution is -2.06. The predicted octanol–water partition coefficient (Wildman–Crippen LogP) is 4.32. The molecule has 3 rings (SSSR count). The number of nitrogens with zero attached hydrogens (tertiary/aromatic N) is 2. The highest BCUT2D eigenvalue weighted by molar-refractivity contribution is 7.11. The summed E-state index contributed by atoms with van der Waals surface area (Å²) in [6.45, 7) is 6.29. The van der Waals surface area contributed by atoms with Crippen LogP contribution >= 0.6 is 11.3 Å². The third-order valence-corrected chi connectivity index (χ3v) is 4.67. The first-order valence-corrected chi connectivity index (χ1v) is 7.75. The Hall–Kier alpha value is -2.14. The van der Waals surface area contributed by atoms with Gasteiger partial charge in [0.2, 0.25) is 0 Å². The van der Waals surface area contributed by atoms with Gasteiger partial charge in [-0.1, -0.05) is 12.1 Å². The number of rotatable bonds is 4. The zero-order chi connectivity index (χ0) is 14.8. The Kier molecular flexibility index (Phi) is 3.75. The van der Waals surface area contributed by atoms with Crippen molar-refractivity contribution in [2.24, 2.45) is 0 Å². The lowest BCUT2D eigenvalue weighted by Gasteiger charge is -2.14. The number of nitrogens with one attached hydrogen (secondary N) is 2. The molecule has 0 fully saturated rings. The number of thiazole rings is 1. The van der Waals surface area contributed by atoms with Crippen LogP contribution in [-0.2, 0) is 0 Å². The molecule has 0 radical (unpaired) electrons. The second kappa shape index (κ2) is 5.69. The van der Waals surface area contributed by atoms with Crippen LogP contribution in [0, 0.1) is 13.8 Å². The van der Waals surface area contributed by atoms with Crippen LogP contribution in [0.25, 0.3) is 11.3 Å². The van der Waals surface area contributed by atoms with Gasteiger partial charge in [-0.2, -0.15) is 5.10 Å². The Morgan fingerprint density at radius 3 is 2.48 bits per heavy atom. The summed E-state index contributed by atoms with van der Waals surface area (Å²) in [5.41, 5.74) is 4.39. The second-order valence-corrected chi connectivity index (χ2v) is 6.33. The fraction of sp³-hybridized carbons (Fsp3) is 0.250. The fourth-order valence-electron chi connectivity index (χ4n) is 2.43. The maximum Gasteiger partial charge on any atom is 0.0900 e. The van der Waals surface area contributed by atoms with Crippen LogP contribution in [0.1, 0.15) is 28.5 Å². The molecular weight excluding hydrogens is 280 g/mol. The zero-order valence-corrected chi connectivity index (χ0v) is 13.2. The molecule has 0 bridgehead atoms. The van der Waals surface area contributed by atoms with E-state index in [1.165, 1.54) is 4.88 Å². The van der Waals surface area contributed by atoms with E-state index in [9.17, 15) is 0 Å². The maximum absolute atomic E-state index is 4.49. The SMILES string of the molecule is Cc1nc(C)c(C(C)Nc2ccc(-c3ccn[nH]3)cc2)s1. The molecule has 108 valence electrons. The lowest BCUT2D eigenvalue weighted by molar-refractivity contribution is 0.890. The number of anilines is 1. The predicted molar refractivity (Wildman–Crippen MR) is 87.6 cm³/mol. The molecule has 3 aromatic rings.